The summed E-state index contributed by atoms with van der Waals surface area (Å²) in [5.41, 5.74) is 2.48. The van der Waals surface area contributed by atoms with Crippen molar-refractivity contribution >= 4 is 28.8 Å². The number of rotatable bonds is 7. The van der Waals surface area contributed by atoms with Crippen molar-refractivity contribution in [3.8, 4) is 5.69 Å². The molecule has 6 heteroatoms. The maximum atomic E-state index is 12.6. The minimum absolute atomic E-state index is 0.0692. The maximum Gasteiger partial charge on any atom is 0.254 e. The van der Waals surface area contributed by atoms with Crippen molar-refractivity contribution in [2.24, 2.45) is 0 Å². The summed E-state index contributed by atoms with van der Waals surface area (Å²) in [6.07, 6.45) is 4.23. The van der Waals surface area contributed by atoms with E-state index in [0.717, 1.165) is 30.6 Å². The number of hydrogen-bond donors (Lipinski definition) is 1. The van der Waals surface area contributed by atoms with Crippen LogP contribution in [0.25, 0.3) is 5.69 Å². The van der Waals surface area contributed by atoms with Crippen LogP contribution in [-0.4, -0.2) is 22.2 Å². The van der Waals surface area contributed by atoms with Crippen LogP contribution in [0.2, 0.25) is 5.02 Å². The van der Waals surface area contributed by atoms with Gasteiger partial charge < -0.3 is 5.32 Å². The fourth-order valence-electron chi connectivity index (χ4n) is 2.69. The van der Waals surface area contributed by atoms with Crippen LogP contribution in [0.5, 0.6) is 0 Å². The van der Waals surface area contributed by atoms with E-state index in [1.165, 1.54) is 4.88 Å². The summed E-state index contributed by atoms with van der Waals surface area (Å²) < 4.78 is 1.83. The predicted molar refractivity (Wildman–Crippen MR) is 103 cm³/mol. The summed E-state index contributed by atoms with van der Waals surface area (Å²) in [4.78, 5) is 13.9. The molecule has 0 radical (unpaired) electrons. The number of nitrogens with one attached hydrogen (secondary N) is 1. The fourth-order valence-corrected chi connectivity index (χ4v) is 3.53. The van der Waals surface area contributed by atoms with Gasteiger partial charge in [0.25, 0.3) is 5.91 Å². The van der Waals surface area contributed by atoms with E-state index in [2.05, 4.69) is 23.4 Å². The smallest absolute Gasteiger partial charge is 0.254 e. The number of carbonyl (C=O) groups excluding carboxylic acids is 1. The van der Waals surface area contributed by atoms with Gasteiger partial charge in [-0.25, -0.2) is 4.68 Å². The molecule has 0 saturated heterocycles. The first kappa shape index (κ1) is 17.7. The molecule has 2 heterocycles. The molecule has 0 bridgehead atoms. The van der Waals surface area contributed by atoms with Crippen LogP contribution in [-0.2, 0) is 12.8 Å². The number of carbonyl (C=O) groups is 1. The molecule has 1 N–H and O–H groups in total. The fraction of sp³-hybridized carbons (Fsp3) is 0.263. The Morgan fingerprint density at radius 1 is 1.24 bits per heavy atom. The van der Waals surface area contributed by atoms with Crippen molar-refractivity contribution in [2.75, 3.05) is 6.54 Å². The van der Waals surface area contributed by atoms with E-state index in [9.17, 15) is 4.79 Å². The Balaban J connectivity index is 1.76. The molecule has 0 fully saturated rings. The van der Waals surface area contributed by atoms with E-state index in [1.807, 2.05) is 40.4 Å². The number of hydrogen-bond acceptors (Lipinski definition) is 3. The number of halogens is 1. The Bertz CT molecular complexity index is 825. The van der Waals surface area contributed by atoms with Gasteiger partial charge in [0, 0.05) is 16.4 Å². The van der Waals surface area contributed by atoms with Crippen molar-refractivity contribution in [3.63, 3.8) is 0 Å². The van der Waals surface area contributed by atoms with Crippen LogP contribution in [0.4, 0.5) is 0 Å². The number of aromatic nitrogens is 2. The molecular formula is C19H20ClN3OS. The minimum Gasteiger partial charge on any atom is -0.352 e. The first-order valence-electron chi connectivity index (χ1n) is 8.32. The van der Waals surface area contributed by atoms with Crippen LogP contribution in [0.15, 0.2) is 48.0 Å². The summed E-state index contributed by atoms with van der Waals surface area (Å²) in [7, 11) is 0. The lowest BCUT2D eigenvalue weighted by atomic mass is 10.1. The molecule has 3 aromatic rings. The molecule has 0 aliphatic heterocycles. The highest BCUT2D eigenvalue weighted by Gasteiger charge is 2.17. The molecule has 0 aliphatic carbocycles. The van der Waals surface area contributed by atoms with Crippen molar-refractivity contribution in [2.45, 2.75) is 26.2 Å². The third-order valence-corrected chi connectivity index (χ3v) is 5.10. The van der Waals surface area contributed by atoms with E-state index in [4.69, 9.17) is 11.6 Å². The van der Waals surface area contributed by atoms with Crippen molar-refractivity contribution in [1.29, 1.82) is 0 Å². The topological polar surface area (TPSA) is 46.9 Å². The molecule has 0 spiro atoms. The first-order chi connectivity index (χ1) is 12.2. The monoisotopic (exact) mass is 373 g/mol. The number of nitrogens with zero attached hydrogens (tertiary/aromatic N) is 2. The van der Waals surface area contributed by atoms with E-state index >= 15 is 0 Å². The highest BCUT2D eigenvalue weighted by molar-refractivity contribution is 7.09. The molecule has 0 aliphatic rings. The maximum absolute atomic E-state index is 12.6. The number of thiophene rings is 1. The SMILES string of the molecule is CCCc1c(C(=O)NCCc2cccs2)cnn1-c1ccc(Cl)cc1. The van der Waals surface area contributed by atoms with Gasteiger partial charge in [0.05, 0.1) is 23.1 Å². The van der Waals surface area contributed by atoms with Gasteiger partial charge in [-0.05, 0) is 48.6 Å². The zero-order valence-corrected chi connectivity index (χ0v) is 15.6. The minimum atomic E-state index is -0.0692. The molecule has 0 saturated carbocycles. The van der Waals surface area contributed by atoms with Crippen LogP contribution < -0.4 is 5.32 Å². The lowest BCUT2D eigenvalue weighted by molar-refractivity contribution is 0.0953. The molecule has 130 valence electrons. The van der Waals surface area contributed by atoms with Crippen molar-refractivity contribution in [1.82, 2.24) is 15.1 Å². The van der Waals surface area contributed by atoms with Gasteiger partial charge in [-0.15, -0.1) is 11.3 Å². The van der Waals surface area contributed by atoms with Gasteiger partial charge in [0.2, 0.25) is 0 Å². The van der Waals surface area contributed by atoms with Gasteiger partial charge >= 0.3 is 0 Å². The van der Waals surface area contributed by atoms with Crippen LogP contribution in [0, 0.1) is 0 Å². The van der Waals surface area contributed by atoms with E-state index in [-0.39, 0.29) is 5.91 Å². The van der Waals surface area contributed by atoms with E-state index in [0.29, 0.717) is 17.1 Å². The standard InChI is InChI=1S/C19H20ClN3OS/c1-2-4-18-17(19(24)21-11-10-16-5-3-12-25-16)13-22-23(18)15-8-6-14(20)7-9-15/h3,5-9,12-13H,2,4,10-11H2,1H3,(H,21,24). The molecule has 0 unspecified atom stereocenters. The second-order valence-corrected chi connectivity index (χ2v) is 7.20. The summed E-state index contributed by atoms with van der Waals surface area (Å²) in [5.74, 6) is -0.0692. The largest absolute Gasteiger partial charge is 0.352 e. The van der Waals surface area contributed by atoms with Gasteiger partial charge in [0.1, 0.15) is 0 Å². The molecular weight excluding hydrogens is 354 g/mol. The quantitative estimate of drug-likeness (QED) is 0.662. The first-order valence-corrected chi connectivity index (χ1v) is 9.58. The molecule has 1 amide bonds. The number of amides is 1. The average molecular weight is 374 g/mol. The predicted octanol–water partition coefficient (Wildman–Crippen LogP) is 4.51. The van der Waals surface area contributed by atoms with Gasteiger partial charge in [-0.2, -0.15) is 5.10 Å². The summed E-state index contributed by atoms with van der Waals surface area (Å²) in [5, 5.41) is 10.2. The Hall–Kier alpha value is -2.11. The van der Waals surface area contributed by atoms with Gasteiger partial charge in [-0.3, -0.25) is 4.79 Å². The third kappa shape index (κ3) is 4.30. The zero-order valence-electron chi connectivity index (χ0n) is 14.0. The van der Waals surface area contributed by atoms with Crippen molar-refractivity contribution in [3.05, 3.63) is 69.1 Å². The van der Waals surface area contributed by atoms with Crippen LogP contribution in [0.3, 0.4) is 0 Å². The Kier molecular flexibility index (Phi) is 5.89. The number of benzene rings is 1. The van der Waals surface area contributed by atoms with Crippen LogP contribution >= 0.6 is 22.9 Å². The zero-order chi connectivity index (χ0) is 17.6. The van der Waals surface area contributed by atoms with Crippen molar-refractivity contribution < 1.29 is 4.79 Å². The Labute approximate surface area is 156 Å². The second kappa shape index (κ2) is 8.32. The van der Waals surface area contributed by atoms with Crippen LogP contribution in [0.1, 0.15) is 34.3 Å². The molecule has 25 heavy (non-hydrogen) atoms. The van der Waals surface area contributed by atoms with Gasteiger partial charge in [0.15, 0.2) is 0 Å². The Morgan fingerprint density at radius 3 is 2.72 bits per heavy atom. The highest BCUT2D eigenvalue weighted by atomic mass is 35.5. The van der Waals surface area contributed by atoms with Gasteiger partial charge in [-0.1, -0.05) is 31.0 Å². The lowest BCUT2D eigenvalue weighted by Gasteiger charge is -2.09. The normalized spacial score (nSPS) is 10.8. The molecule has 2 aromatic heterocycles. The third-order valence-electron chi connectivity index (χ3n) is 3.91. The summed E-state index contributed by atoms with van der Waals surface area (Å²) in [6, 6.07) is 11.6. The van der Waals surface area contributed by atoms with E-state index in [1.54, 1.807) is 17.5 Å². The Morgan fingerprint density at radius 2 is 2.04 bits per heavy atom. The average Bonchev–Trinajstić information content (AvgIpc) is 3.26. The highest BCUT2D eigenvalue weighted by Crippen LogP contribution is 2.19. The summed E-state index contributed by atoms with van der Waals surface area (Å²) in [6.45, 7) is 2.72. The summed E-state index contributed by atoms with van der Waals surface area (Å²) >= 11 is 7.67. The molecule has 3 rings (SSSR count). The second-order valence-electron chi connectivity index (χ2n) is 5.73. The van der Waals surface area contributed by atoms with E-state index < -0.39 is 0 Å². The molecule has 4 nitrogen and oxygen atoms in total. The molecule has 1 aromatic carbocycles. The lowest BCUT2D eigenvalue weighted by Crippen LogP contribution is -2.26. The molecule has 0 atom stereocenters.